The maximum absolute atomic E-state index is 4.66. The van der Waals surface area contributed by atoms with Gasteiger partial charge in [0.2, 0.25) is 0 Å². The van der Waals surface area contributed by atoms with Crippen LogP contribution in [0.3, 0.4) is 0 Å². The molecule has 0 saturated carbocycles. The zero-order chi connectivity index (χ0) is 17.2. The van der Waals surface area contributed by atoms with Crippen LogP contribution in [-0.2, 0) is 19.6 Å². The maximum Gasteiger partial charge on any atom is 0.0545 e. The summed E-state index contributed by atoms with van der Waals surface area (Å²) in [6, 6.07) is 10.3. The number of pyridine rings is 2. The van der Waals surface area contributed by atoms with Gasteiger partial charge in [0, 0.05) is 71.3 Å². The number of aromatic nitrogens is 2. The quantitative estimate of drug-likeness (QED) is 0.699. The van der Waals surface area contributed by atoms with Gasteiger partial charge in [-0.2, -0.15) is 0 Å². The maximum atomic E-state index is 4.66. The van der Waals surface area contributed by atoms with Crippen LogP contribution >= 0.6 is 0 Å². The first-order valence-corrected chi connectivity index (χ1v) is 9.08. The minimum absolute atomic E-state index is 0.834. The molecule has 2 bridgehead atoms. The van der Waals surface area contributed by atoms with Gasteiger partial charge in [0.05, 0.1) is 11.4 Å². The molecule has 1 aliphatic rings. The Kier molecular flexibility index (Phi) is 7.32. The van der Waals surface area contributed by atoms with E-state index in [1.807, 2.05) is 18.5 Å². The lowest BCUT2D eigenvalue weighted by atomic mass is 10.3. The molecule has 0 fully saturated rings. The Morgan fingerprint density at radius 3 is 2.44 bits per heavy atom. The summed E-state index contributed by atoms with van der Waals surface area (Å²) < 4.78 is 0. The van der Waals surface area contributed by atoms with Gasteiger partial charge in [0.25, 0.3) is 0 Å². The molecule has 6 heteroatoms. The summed E-state index contributed by atoms with van der Waals surface area (Å²) in [7, 11) is 0. The Labute approximate surface area is 150 Å². The van der Waals surface area contributed by atoms with Crippen molar-refractivity contribution in [2.75, 3.05) is 39.3 Å². The molecule has 1 aliphatic heterocycles. The second-order valence-electron chi connectivity index (χ2n) is 6.35. The molecule has 0 radical (unpaired) electrons. The zero-order valence-electron chi connectivity index (χ0n) is 14.7. The SMILES string of the molecule is c1cncc(CNCCN2CCNCc3cccc(n3)CNCC2)c1. The lowest BCUT2D eigenvalue weighted by Crippen LogP contribution is -2.40. The van der Waals surface area contributed by atoms with Crippen molar-refractivity contribution in [3.05, 3.63) is 59.7 Å². The number of hydrogen-bond acceptors (Lipinski definition) is 6. The number of rotatable bonds is 5. The molecule has 0 saturated heterocycles. The highest BCUT2D eigenvalue weighted by molar-refractivity contribution is 5.11. The minimum atomic E-state index is 0.834. The van der Waals surface area contributed by atoms with Gasteiger partial charge in [-0.25, -0.2) is 0 Å². The van der Waals surface area contributed by atoms with Gasteiger partial charge in [-0.1, -0.05) is 12.1 Å². The van der Waals surface area contributed by atoms with Crippen LogP contribution < -0.4 is 16.0 Å². The third kappa shape index (κ3) is 6.51. The van der Waals surface area contributed by atoms with E-state index in [4.69, 9.17) is 0 Å². The first-order chi connectivity index (χ1) is 12.4. The van der Waals surface area contributed by atoms with Crippen LogP contribution in [0.2, 0.25) is 0 Å². The Balaban J connectivity index is 1.41. The number of hydrogen-bond donors (Lipinski definition) is 3. The summed E-state index contributed by atoms with van der Waals surface area (Å²) in [5, 5.41) is 10.5. The predicted octanol–water partition coefficient (Wildman–Crippen LogP) is 0.761. The standard InChI is InChI=1S/C19H28N6/c1-4-18-15-22-8-11-25(12-9-23-16-19(5-1)24-18)10-7-21-14-17-3-2-6-20-13-17/h1-6,13,21-23H,7-12,14-16H2. The number of nitrogens with one attached hydrogen (secondary N) is 3. The van der Waals surface area contributed by atoms with Crippen molar-refractivity contribution in [2.24, 2.45) is 0 Å². The molecule has 0 unspecified atom stereocenters. The number of fused-ring (bicyclic) bond motifs is 2. The predicted molar refractivity (Wildman–Crippen MR) is 100 cm³/mol. The average Bonchev–Trinajstić information content (AvgIpc) is 2.65. The molecule has 0 aliphatic carbocycles. The van der Waals surface area contributed by atoms with Crippen LogP contribution in [0.1, 0.15) is 17.0 Å². The van der Waals surface area contributed by atoms with Crippen LogP contribution in [-0.4, -0.2) is 54.1 Å². The summed E-state index contributed by atoms with van der Waals surface area (Å²) in [4.78, 5) is 11.3. The van der Waals surface area contributed by atoms with Crippen molar-refractivity contribution in [3.63, 3.8) is 0 Å². The van der Waals surface area contributed by atoms with Crippen molar-refractivity contribution >= 4 is 0 Å². The fourth-order valence-electron chi connectivity index (χ4n) is 2.94. The van der Waals surface area contributed by atoms with Crippen LogP contribution in [0.25, 0.3) is 0 Å². The molecular formula is C19H28N6. The Hall–Kier alpha value is -1.86. The highest BCUT2D eigenvalue weighted by Gasteiger charge is 2.06. The third-order valence-electron chi connectivity index (χ3n) is 4.34. The second-order valence-corrected chi connectivity index (χ2v) is 6.35. The lowest BCUT2D eigenvalue weighted by Gasteiger charge is -2.23. The fourth-order valence-corrected chi connectivity index (χ4v) is 2.94. The van der Waals surface area contributed by atoms with Crippen LogP contribution in [0.5, 0.6) is 0 Å². The third-order valence-corrected chi connectivity index (χ3v) is 4.34. The monoisotopic (exact) mass is 340 g/mol. The van der Waals surface area contributed by atoms with E-state index in [1.165, 1.54) is 5.56 Å². The molecule has 0 spiro atoms. The van der Waals surface area contributed by atoms with E-state index >= 15 is 0 Å². The first kappa shape index (κ1) is 17.9. The fraction of sp³-hybridized carbons (Fsp3) is 0.474. The summed E-state index contributed by atoms with van der Waals surface area (Å²) in [6.45, 7) is 8.64. The highest BCUT2D eigenvalue weighted by Crippen LogP contribution is 2.00. The van der Waals surface area contributed by atoms with Gasteiger partial charge < -0.3 is 16.0 Å². The Morgan fingerprint density at radius 2 is 1.76 bits per heavy atom. The van der Waals surface area contributed by atoms with Gasteiger partial charge in [-0.05, 0) is 23.8 Å². The van der Waals surface area contributed by atoms with Crippen LogP contribution in [0, 0.1) is 0 Å². The van der Waals surface area contributed by atoms with Gasteiger partial charge in [0.1, 0.15) is 0 Å². The van der Waals surface area contributed by atoms with Crippen LogP contribution in [0.4, 0.5) is 0 Å². The van der Waals surface area contributed by atoms with Gasteiger partial charge in [0.15, 0.2) is 0 Å². The summed E-state index contributed by atoms with van der Waals surface area (Å²) >= 11 is 0. The van der Waals surface area contributed by atoms with E-state index in [2.05, 4.69) is 55.1 Å². The second kappa shape index (κ2) is 10.2. The van der Waals surface area contributed by atoms with Gasteiger partial charge in [-0.3, -0.25) is 14.9 Å². The van der Waals surface area contributed by atoms with Crippen molar-refractivity contribution < 1.29 is 0 Å². The molecule has 6 nitrogen and oxygen atoms in total. The normalized spacial score (nSPS) is 16.8. The summed E-state index contributed by atoms with van der Waals surface area (Å²) in [6.07, 6.45) is 3.73. The van der Waals surface area contributed by atoms with Gasteiger partial charge >= 0.3 is 0 Å². The average molecular weight is 340 g/mol. The minimum Gasteiger partial charge on any atom is -0.311 e. The zero-order valence-corrected chi connectivity index (χ0v) is 14.7. The number of nitrogens with zero attached hydrogens (tertiary/aromatic N) is 3. The van der Waals surface area contributed by atoms with Crippen molar-refractivity contribution in [1.82, 2.24) is 30.8 Å². The molecule has 3 rings (SSSR count). The van der Waals surface area contributed by atoms with E-state index in [0.717, 1.165) is 70.3 Å². The topological polar surface area (TPSA) is 65.1 Å². The molecule has 3 N–H and O–H groups in total. The Morgan fingerprint density at radius 1 is 1.00 bits per heavy atom. The largest absolute Gasteiger partial charge is 0.311 e. The van der Waals surface area contributed by atoms with E-state index in [0.29, 0.717) is 0 Å². The van der Waals surface area contributed by atoms with Crippen molar-refractivity contribution in [3.8, 4) is 0 Å². The lowest BCUT2D eigenvalue weighted by molar-refractivity contribution is 0.270. The molecule has 0 amide bonds. The molecule has 25 heavy (non-hydrogen) atoms. The van der Waals surface area contributed by atoms with E-state index in [1.54, 1.807) is 0 Å². The van der Waals surface area contributed by atoms with E-state index < -0.39 is 0 Å². The smallest absolute Gasteiger partial charge is 0.0545 e. The molecule has 3 heterocycles. The molecular weight excluding hydrogens is 312 g/mol. The summed E-state index contributed by atoms with van der Waals surface area (Å²) in [5.74, 6) is 0. The molecule has 2 aromatic heterocycles. The highest BCUT2D eigenvalue weighted by atomic mass is 15.2. The molecule has 2 aromatic rings. The first-order valence-electron chi connectivity index (χ1n) is 9.08. The summed E-state index contributed by atoms with van der Waals surface area (Å²) in [5.41, 5.74) is 3.46. The molecule has 0 aromatic carbocycles. The molecule has 0 atom stereocenters. The van der Waals surface area contributed by atoms with Gasteiger partial charge in [-0.15, -0.1) is 0 Å². The Bertz CT molecular complexity index is 591. The van der Waals surface area contributed by atoms with Crippen molar-refractivity contribution in [1.29, 1.82) is 0 Å². The van der Waals surface area contributed by atoms with E-state index in [-0.39, 0.29) is 0 Å². The van der Waals surface area contributed by atoms with Crippen LogP contribution in [0.15, 0.2) is 42.7 Å². The molecule has 134 valence electrons. The van der Waals surface area contributed by atoms with E-state index in [9.17, 15) is 0 Å². The van der Waals surface area contributed by atoms with Crippen molar-refractivity contribution in [2.45, 2.75) is 19.6 Å².